The molecular weight excluding hydrogens is 150 g/mol. The first-order valence-electron chi connectivity index (χ1n) is 4.58. The van der Waals surface area contributed by atoms with E-state index in [1.807, 2.05) is 12.3 Å². The molecule has 1 fully saturated rings. The summed E-state index contributed by atoms with van der Waals surface area (Å²) >= 11 is 0. The predicted octanol–water partition coefficient (Wildman–Crippen LogP) is 0.177. The minimum atomic E-state index is 1.16. The summed E-state index contributed by atoms with van der Waals surface area (Å²) in [4.78, 5) is 9.69. The second kappa shape index (κ2) is 3.63. The van der Waals surface area contributed by atoms with Gasteiger partial charge in [0.05, 0.1) is 13.1 Å². The van der Waals surface area contributed by atoms with Gasteiger partial charge in [0, 0.05) is 12.3 Å². The van der Waals surface area contributed by atoms with Gasteiger partial charge in [-0.25, -0.2) is 4.98 Å². The van der Waals surface area contributed by atoms with Crippen LogP contribution in [-0.2, 0) is 0 Å². The average molecular weight is 164 g/mol. The van der Waals surface area contributed by atoms with Crippen LogP contribution in [0, 0.1) is 0 Å². The van der Waals surface area contributed by atoms with Crippen molar-refractivity contribution in [2.75, 3.05) is 13.1 Å². The summed E-state index contributed by atoms with van der Waals surface area (Å²) in [6, 6.07) is 2.01. The maximum Gasteiger partial charge on any atom is 0.228 e. The van der Waals surface area contributed by atoms with Gasteiger partial charge in [-0.2, -0.15) is 4.98 Å². The first kappa shape index (κ1) is 7.68. The van der Waals surface area contributed by atoms with Gasteiger partial charge in [0.1, 0.15) is 6.33 Å². The molecule has 3 heteroatoms. The summed E-state index contributed by atoms with van der Waals surface area (Å²) < 4.78 is 0. The zero-order chi connectivity index (χ0) is 8.23. The van der Waals surface area contributed by atoms with Crippen molar-refractivity contribution >= 4 is 5.82 Å². The van der Waals surface area contributed by atoms with E-state index in [1.54, 1.807) is 6.33 Å². The molecule has 64 valence electrons. The molecule has 1 aromatic heterocycles. The van der Waals surface area contributed by atoms with Crippen molar-refractivity contribution in [2.24, 2.45) is 0 Å². The van der Waals surface area contributed by atoms with Crippen molar-refractivity contribution < 1.29 is 4.90 Å². The summed E-state index contributed by atoms with van der Waals surface area (Å²) in [5.41, 5.74) is 0. The van der Waals surface area contributed by atoms with Crippen molar-refractivity contribution in [1.29, 1.82) is 0 Å². The Morgan fingerprint density at radius 2 is 2.00 bits per heavy atom. The normalized spacial score (nSPS) is 19.3. The third kappa shape index (κ3) is 1.61. The van der Waals surface area contributed by atoms with E-state index in [1.165, 1.54) is 37.3 Å². The van der Waals surface area contributed by atoms with Crippen LogP contribution in [-0.4, -0.2) is 23.1 Å². The molecule has 0 aromatic carbocycles. The van der Waals surface area contributed by atoms with Gasteiger partial charge in [0.25, 0.3) is 0 Å². The topological polar surface area (TPSA) is 30.2 Å². The van der Waals surface area contributed by atoms with Gasteiger partial charge < -0.3 is 0 Å². The highest BCUT2D eigenvalue weighted by Gasteiger charge is 2.16. The van der Waals surface area contributed by atoms with Gasteiger partial charge in [-0.15, -0.1) is 0 Å². The average Bonchev–Trinajstić information content (AvgIpc) is 2.21. The molecule has 0 spiro atoms. The van der Waals surface area contributed by atoms with Crippen molar-refractivity contribution in [3.05, 3.63) is 18.6 Å². The molecule has 2 heterocycles. The number of rotatable bonds is 1. The summed E-state index contributed by atoms with van der Waals surface area (Å²) in [6.45, 7) is 2.47. The first-order valence-corrected chi connectivity index (χ1v) is 4.58. The van der Waals surface area contributed by atoms with Gasteiger partial charge in [0.2, 0.25) is 5.82 Å². The van der Waals surface area contributed by atoms with E-state index in [0.717, 1.165) is 5.82 Å². The van der Waals surface area contributed by atoms with Gasteiger partial charge in [-0.05, 0) is 19.3 Å². The largest absolute Gasteiger partial charge is 0.286 e. The van der Waals surface area contributed by atoms with Crippen molar-refractivity contribution in [3.63, 3.8) is 0 Å². The number of aromatic nitrogens is 2. The summed E-state index contributed by atoms with van der Waals surface area (Å²) in [5.74, 6) is 1.16. The second-order valence-corrected chi connectivity index (χ2v) is 3.26. The van der Waals surface area contributed by atoms with Gasteiger partial charge in [0.15, 0.2) is 0 Å². The number of hydrogen-bond donors (Lipinski definition) is 1. The summed E-state index contributed by atoms with van der Waals surface area (Å²) in [6.07, 6.45) is 7.51. The van der Waals surface area contributed by atoms with Crippen LogP contribution in [0.1, 0.15) is 19.3 Å². The molecule has 0 aliphatic carbocycles. The predicted molar refractivity (Wildman–Crippen MR) is 46.2 cm³/mol. The Morgan fingerprint density at radius 3 is 2.67 bits per heavy atom. The molecule has 1 aliphatic heterocycles. The number of quaternary nitrogens is 1. The molecule has 1 N–H and O–H groups in total. The Morgan fingerprint density at radius 1 is 1.17 bits per heavy atom. The summed E-state index contributed by atoms with van der Waals surface area (Å²) in [7, 11) is 0. The Bertz CT molecular complexity index is 229. The molecule has 1 saturated heterocycles. The number of nitrogens with one attached hydrogen (secondary N) is 1. The molecule has 0 amide bonds. The molecule has 3 nitrogen and oxygen atoms in total. The molecule has 0 bridgehead atoms. The molecule has 0 unspecified atom stereocenters. The quantitative estimate of drug-likeness (QED) is 0.641. The van der Waals surface area contributed by atoms with Crippen molar-refractivity contribution in [3.8, 4) is 0 Å². The maximum absolute atomic E-state index is 4.25. The van der Waals surface area contributed by atoms with Crippen molar-refractivity contribution in [2.45, 2.75) is 19.3 Å². The van der Waals surface area contributed by atoms with Crippen LogP contribution in [0.3, 0.4) is 0 Å². The number of hydrogen-bond acceptors (Lipinski definition) is 2. The van der Waals surface area contributed by atoms with Gasteiger partial charge in [-0.3, -0.25) is 4.90 Å². The standard InChI is InChI=1S/C9H13N3/c1-2-6-12(7-3-1)9-4-5-10-8-11-9/h4-5,8H,1-3,6-7H2/p+1. The Balaban J connectivity index is 2.08. The van der Waals surface area contributed by atoms with E-state index < -0.39 is 0 Å². The van der Waals surface area contributed by atoms with E-state index >= 15 is 0 Å². The van der Waals surface area contributed by atoms with Gasteiger partial charge >= 0.3 is 0 Å². The fourth-order valence-electron chi connectivity index (χ4n) is 1.73. The lowest BCUT2D eigenvalue weighted by molar-refractivity contribution is -0.840. The van der Waals surface area contributed by atoms with Crippen LogP contribution >= 0.6 is 0 Å². The highest BCUT2D eigenvalue weighted by atomic mass is 15.2. The van der Waals surface area contributed by atoms with Crippen LogP contribution in [0.2, 0.25) is 0 Å². The zero-order valence-corrected chi connectivity index (χ0v) is 7.16. The highest BCUT2D eigenvalue weighted by Crippen LogP contribution is 1.99. The van der Waals surface area contributed by atoms with Crippen LogP contribution in [0.15, 0.2) is 18.6 Å². The Kier molecular flexibility index (Phi) is 2.32. The zero-order valence-electron chi connectivity index (χ0n) is 7.16. The van der Waals surface area contributed by atoms with Crippen LogP contribution < -0.4 is 4.90 Å². The Hall–Kier alpha value is -0.960. The lowest BCUT2D eigenvalue weighted by atomic mass is 10.1. The monoisotopic (exact) mass is 164 g/mol. The van der Waals surface area contributed by atoms with Crippen LogP contribution in [0.25, 0.3) is 0 Å². The lowest BCUT2D eigenvalue weighted by Gasteiger charge is -2.21. The number of nitrogens with zero attached hydrogens (tertiary/aromatic N) is 2. The smallest absolute Gasteiger partial charge is 0.228 e. The van der Waals surface area contributed by atoms with Gasteiger partial charge in [-0.1, -0.05) is 0 Å². The minimum absolute atomic E-state index is 1.16. The third-order valence-corrected chi connectivity index (χ3v) is 2.40. The molecule has 2 rings (SSSR count). The fraction of sp³-hybridized carbons (Fsp3) is 0.556. The van der Waals surface area contributed by atoms with Crippen molar-refractivity contribution in [1.82, 2.24) is 9.97 Å². The first-order chi connectivity index (χ1) is 5.97. The Labute approximate surface area is 72.4 Å². The van der Waals surface area contributed by atoms with E-state index in [2.05, 4.69) is 9.97 Å². The maximum atomic E-state index is 4.25. The SMILES string of the molecule is c1cc([NH+]2CCCCC2)ncn1. The van der Waals surface area contributed by atoms with E-state index in [-0.39, 0.29) is 0 Å². The molecule has 1 aromatic rings. The van der Waals surface area contributed by atoms with Crippen LogP contribution in [0.4, 0.5) is 5.82 Å². The molecule has 0 radical (unpaired) electrons. The second-order valence-electron chi connectivity index (χ2n) is 3.26. The molecule has 0 atom stereocenters. The summed E-state index contributed by atoms with van der Waals surface area (Å²) in [5, 5.41) is 0. The highest BCUT2D eigenvalue weighted by molar-refractivity contribution is 5.12. The lowest BCUT2D eigenvalue weighted by Crippen LogP contribution is -3.08. The molecule has 12 heavy (non-hydrogen) atoms. The molecule has 1 aliphatic rings. The van der Waals surface area contributed by atoms with Crippen LogP contribution in [0.5, 0.6) is 0 Å². The fourth-order valence-corrected chi connectivity index (χ4v) is 1.73. The molecule has 0 saturated carbocycles. The van der Waals surface area contributed by atoms with E-state index in [0.29, 0.717) is 0 Å². The molecular formula is C9H14N3+. The van der Waals surface area contributed by atoms with E-state index in [4.69, 9.17) is 0 Å². The van der Waals surface area contributed by atoms with E-state index in [9.17, 15) is 0 Å². The number of piperidine rings is 1. The third-order valence-electron chi connectivity index (χ3n) is 2.40. The minimum Gasteiger partial charge on any atom is -0.286 e.